The van der Waals surface area contributed by atoms with Crippen LogP contribution < -0.4 is 0 Å². The van der Waals surface area contributed by atoms with Crippen LogP contribution in [-0.4, -0.2) is 21.6 Å². The molecule has 0 atom stereocenters. The molecule has 4 heteroatoms. The van der Waals surface area contributed by atoms with Gasteiger partial charge in [0.2, 0.25) is 0 Å². The van der Waals surface area contributed by atoms with E-state index in [0.717, 1.165) is 0 Å². The Balaban J connectivity index is 3.51. The second-order valence-corrected chi connectivity index (χ2v) is 4.81. The zero-order valence-corrected chi connectivity index (χ0v) is 9.92. The molecule has 0 amide bonds. The average molecular weight is 190 g/mol. The van der Waals surface area contributed by atoms with E-state index in [1.807, 2.05) is 34.6 Å². The molecule has 0 bridgehead atoms. The fourth-order valence-electron chi connectivity index (χ4n) is 0.431. The molecular formula is C8H18O3Si. The minimum Gasteiger partial charge on any atom is -0.499 e. The summed E-state index contributed by atoms with van der Waals surface area (Å²) in [4.78, 5) is 11.0. The minimum atomic E-state index is -1.13. The van der Waals surface area contributed by atoms with Crippen LogP contribution in [0.5, 0.6) is 0 Å². The maximum Gasteiger partial charge on any atom is 0.369 e. The van der Waals surface area contributed by atoms with Crippen LogP contribution >= 0.6 is 0 Å². The maximum atomic E-state index is 11.0. The highest BCUT2D eigenvalue weighted by Gasteiger charge is 2.13. The second kappa shape index (κ2) is 4.62. The monoisotopic (exact) mass is 190 g/mol. The Bertz CT molecular complexity index is 149. The summed E-state index contributed by atoms with van der Waals surface area (Å²) in [6.07, 6.45) is 0. The third kappa shape index (κ3) is 6.36. The molecule has 0 fully saturated rings. The van der Waals surface area contributed by atoms with Gasteiger partial charge >= 0.3 is 10.0 Å². The van der Waals surface area contributed by atoms with Gasteiger partial charge in [-0.3, -0.25) is 4.79 Å². The van der Waals surface area contributed by atoms with Gasteiger partial charge in [-0.25, -0.2) is 0 Å². The lowest BCUT2D eigenvalue weighted by Gasteiger charge is -2.19. The summed E-state index contributed by atoms with van der Waals surface area (Å²) in [6, 6.07) is 0. The van der Waals surface area contributed by atoms with E-state index in [1.165, 1.54) is 0 Å². The number of rotatable bonds is 3. The highest BCUT2D eigenvalue weighted by molar-refractivity contribution is 6.22. The quantitative estimate of drug-likeness (QED) is 0.623. The summed E-state index contributed by atoms with van der Waals surface area (Å²) in [5, 5.41) is 0. The summed E-state index contributed by atoms with van der Waals surface area (Å²) in [5.74, 6) is -0.216. The largest absolute Gasteiger partial charge is 0.499 e. The van der Waals surface area contributed by atoms with Crippen molar-refractivity contribution in [1.82, 2.24) is 0 Å². The lowest BCUT2D eigenvalue weighted by atomic mass is 10.2. The Kier molecular flexibility index (Phi) is 4.48. The number of hydrogen-bond donors (Lipinski definition) is 0. The van der Waals surface area contributed by atoms with Crippen LogP contribution in [0.15, 0.2) is 0 Å². The lowest BCUT2D eigenvalue weighted by Crippen LogP contribution is -2.26. The highest BCUT2D eigenvalue weighted by atomic mass is 28.3. The third-order valence-corrected chi connectivity index (χ3v) is 2.55. The fourth-order valence-corrected chi connectivity index (χ4v) is 1.29. The van der Waals surface area contributed by atoms with Crippen LogP contribution in [-0.2, 0) is 13.6 Å². The molecular weight excluding hydrogens is 172 g/mol. The molecule has 12 heavy (non-hydrogen) atoms. The topological polar surface area (TPSA) is 35.5 Å². The molecule has 0 spiro atoms. The molecule has 0 aliphatic heterocycles. The van der Waals surface area contributed by atoms with E-state index in [0.29, 0.717) is 0 Å². The maximum absolute atomic E-state index is 11.0. The molecule has 0 aliphatic carbocycles. The van der Waals surface area contributed by atoms with E-state index in [4.69, 9.17) is 8.85 Å². The molecule has 0 saturated carbocycles. The minimum absolute atomic E-state index is 0.0546. The normalized spacial score (nSPS) is 12.8. The van der Waals surface area contributed by atoms with Gasteiger partial charge in [0.15, 0.2) is 0 Å². The molecule has 0 aliphatic rings. The first kappa shape index (κ1) is 11.6. The molecule has 0 heterocycles. The van der Waals surface area contributed by atoms with Crippen LogP contribution in [0.25, 0.3) is 0 Å². The van der Waals surface area contributed by atoms with Gasteiger partial charge in [-0.2, -0.15) is 0 Å². The van der Waals surface area contributed by atoms with Crippen LogP contribution in [0.4, 0.5) is 0 Å². The predicted octanol–water partition coefficient (Wildman–Crippen LogP) is 0.999. The summed E-state index contributed by atoms with van der Waals surface area (Å²) in [7, 11) is -1.13. The van der Waals surface area contributed by atoms with Crippen molar-refractivity contribution in [3.63, 3.8) is 0 Å². The molecule has 0 saturated heterocycles. The van der Waals surface area contributed by atoms with E-state index in [9.17, 15) is 4.79 Å². The summed E-state index contributed by atoms with van der Waals surface area (Å²) in [5.41, 5.74) is -0.191. The third-order valence-electron chi connectivity index (χ3n) is 1.16. The molecule has 0 aromatic rings. The van der Waals surface area contributed by atoms with Crippen molar-refractivity contribution in [2.45, 2.75) is 40.2 Å². The standard InChI is InChI=1S/C8H18O3Si/c1-6(2)7(9)10-12-11-8(3,4)5/h6H,12H2,1-5H3. The summed E-state index contributed by atoms with van der Waals surface area (Å²) in [6.45, 7) is 9.47. The van der Waals surface area contributed by atoms with Crippen molar-refractivity contribution in [2.24, 2.45) is 5.92 Å². The van der Waals surface area contributed by atoms with Crippen LogP contribution in [0.2, 0.25) is 0 Å². The molecule has 0 radical (unpaired) electrons. The molecule has 0 aromatic heterocycles. The fraction of sp³-hybridized carbons (Fsp3) is 0.875. The molecule has 0 unspecified atom stereocenters. The van der Waals surface area contributed by atoms with E-state index in [1.54, 1.807) is 0 Å². The Morgan fingerprint density at radius 3 is 2.17 bits per heavy atom. The van der Waals surface area contributed by atoms with Gasteiger partial charge in [-0.15, -0.1) is 0 Å². The van der Waals surface area contributed by atoms with Gasteiger partial charge in [-0.05, 0) is 20.8 Å². The van der Waals surface area contributed by atoms with Crippen LogP contribution in [0.1, 0.15) is 34.6 Å². The molecule has 0 rings (SSSR count). The van der Waals surface area contributed by atoms with E-state index < -0.39 is 10.0 Å². The lowest BCUT2D eigenvalue weighted by molar-refractivity contribution is -0.139. The van der Waals surface area contributed by atoms with E-state index in [-0.39, 0.29) is 17.5 Å². The van der Waals surface area contributed by atoms with Crippen molar-refractivity contribution in [3.8, 4) is 0 Å². The molecule has 72 valence electrons. The molecule has 0 aromatic carbocycles. The van der Waals surface area contributed by atoms with Gasteiger partial charge in [-0.1, -0.05) is 13.8 Å². The summed E-state index contributed by atoms with van der Waals surface area (Å²) < 4.78 is 10.3. The Labute approximate surface area is 76.5 Å². The van der Waals surface area contributed by atoms with Crippen molar-refractivity contribution in [3.05, 3.63) is 0 Å². The highest BCUT2D eigenvalue weighted by Crippen LogP contribution is 2.05. The van der Waals surface area contributed by atoms with Crippen LogP contribution in [0.3, 0.4) is 0 Å². The number of carbonyl (C=O) groups is 1. The first-order valence-electron chi connectivity index (χ1n) is 4.13. The van der Waals surface area contributed by atoms with Crippen molar-refractivity contribution < 1.29 is 13.6 Å². The number of carbonyl (C=O) groups excluding carboxylic acids is 1. The zero-order chi connectivity index (χ0) is 9.78. The average Bonchev–Trinajstić information content (AvgIpc) is 1.84. The van der Waals surface area contributed by atoms with Gasteiger partial charge in [0, 0.05) is 5.92 Å². The SMILES string of the molecule is CC(C)C(=O)O[SiH2]OC(C)(C)C. The predicted molar refractivity (Wildman–Crippen MR) is 50.3 cm³/mol. The van der Waals surface area contributed by atoms with Gasteiger partial charge in [0.1, 0.15) is 0 Å². The van der Waals surface area contributed by atoms with E-state index in [2.05, 4.69) is 0 Å². The van der Waals surface area contributed by atoms with Crippen molar-refractivity contribution in [1.29, 1.82) is 0 Å². The molecule has 0 N–H and O–H groups in total. The Morgan fingerprint density at radius 1 is 1.33 bits per heavy atom. The van der Waals surface area contributed by atoms with Gasteiger partial charge in [0.25, 0.3) is 5.97 Å². The number of hydrogen-bond acceptors (Lipinski definition) is 3. The van der Waals surface area contributed by atoms with Gasteiger partial charge < -0.3 is 8.85 Å². The summed E-state index contributed by atoms with van der Waals surface area (Å²) >= 11 is 0. The van der Waals surface area contributed by atoms with Crippen molar-refractivity contribution >= 4 is 16.0 Å². The van der Waals surface area contributed by atoms with E-state index >= 15 is 0 Å². The van der Waals surface area contributed by atoms with Crippen molar-refractivity contribution in [2.75, 3.05) is 0 Å². The molecule has 3 nitrogen and oxygen atoms in total. The second-order valence-electron chi connectivity index (χ2n) is 3.99. The van der Waals surface area contributed by atoms with Crippen LogP contribution in [0, 0.1) is 5.92 Å². The first-order chi connectivity index (χ1) is 5.33. The smallest absolute Gasteiger partial charge is 0.369 e. The van der Waals surface area contributed by atoms with Gasteiger partial charge in [0.05, 0.1) is 5.60 Å². The first-order valence-corrected chi connectivity index (χ1v) is 5.29. The Morgan fingerprint density at radius 2 is 1.83 bits per heavy atom. The Hall–Kier alpha value is -0.353. The zero-order valence-electron chi connectivity index (χ0n) is 8.51.